The highest BCUT2D eigenvalue weighted by atomic mass is 35.5. The van der Waals surface area contributed by atoms with Gasteiger partial charge in [-0.15, -0.1) is 12.4 Å². The first-order chi connectivity index (χ1) is 11.8. The zero-order chi connectivity index (χ0) is 18.2. The number of piperazine rings is 1. The fourth-order valence-corrected chi connectivity index (χ4v) is 4.43. The predicted octanol–water partition coefficient (Wildman–Crippen LogP) is 3.00. The van der Waals surface area contributed by atoms with Gasteiger partial charge in [0.1, 0.15) is 5.82 Å². The third-order valence-corrected chi connectivity index (χ3v) is 5.88. The Morgan fingerprint density at radius 1 is 1.04 bits per heavy atom. The lowest BCUT2D eigenvalue weighted by atomic mass is 10.1. The van der Waals surface area contributed by atoms with Crippen molar-refractivity contribution < 1.29 is 26.0 Å². The highest BCUT2D eigenvalue weighted by Gasteiger charge is 2.35. The molecule has 142 valence electrons. The lowest BCUT2D eigenvalue weighted by Crippen LogP contribution is -2.48. The second kappa shape index (κ2) is 7.91. The van der Waals surface area contributed by atoms with Gasteiger partial charge in [-0.1, -0.05) is 12.1 Å². The molecule has 0 aliphatic carbocycles. The van der Waals surface area contributed by atoms with Crippen molar-refractivity contribution in [3.63, 3.8) is 0 Å². The van der Waals surface area contributed by atoms with Gasteiger partial charge in [-0.05, 0) is 29.8 Å². The summed E-state index contributed by atoms with van der Waals surface area (Å²) < 4.78 is 80.2. The topological polar surface area (TPSA) is 49.4 Å². The fraction of sp³-hybridized carbons (Fsp3) is 0.250. The molecule has 2 aromatic rings. The zero-order valence-corrected chi connectivity index (χ0v) is 14.9. The molecule has 1 atom stereocenters. The van der Waals surface area contributed by atoms with Crippen molar-refractivity contribution in [2.75, 3.05) is 19.6 Å². The third kappa shape index (κ3) is 3.85. The van der Waals surface area contributed by atoms with Crippen LogP contribution in [0.5, 0.6) is 0 Å². The van der Waals surface area contributed by atoms with Gasteiger partial charge in [-0.3, -0.25) is 0 Å². The molecule has 1 heterocycles. The summed E-state index contributed by atoms with van der Waals surface area (Å²) in [4.78, 5) is -0.688. The molecule has 0 radical (unpaired) electrons. The van der Waals surface area contributed by atoms with Crippen LogP contribution in [0.3, 0.4) is 0 Å². The Balaban J connectivity index is 0.00000243. The van der Waals surface area contributed by atoms with Crippen LogP contribution in [0, 0.1) is 23.3 Å². The summed E-state index contributed by atoms with van der Waals surface area (Å²) in [6.45, 7) is 0.538. The quantitative estimate of drug-likeness (QED) is 0.625. The van der Waals surface area contributed by atoms with Gasteiger partial charge in [-0.25, -0.2) is 26.0 Å². The maximum atomic E-state index is 13.5. The van der Waals surface area contributed by atoms with E-state index in [9.17, 15) is 26.0 Å². The van der Waals surface area contributed by atoms with Gasteiger partial charge in [0.25, 0.3) is 0 Å². The van der Waals surface area contributed by atoms with Gasteiger partial charge in [0.05, 0.1) is 10.9 Å². The molecule has 0 aromatic heterocycles. The van der Waals surface area contributed by atoms with E-state index in [-0.39, 0.29) is 25.5 Å². The largest absolute Gasteiger partial charge is 0.313 e. The molecule has 1 N–H and O–H groups in total. The number of sulfonamides is 1. The lowest BCUT2D eigenvalue weighted by Gasteiger charge is -2.35. The van der Waals surface area contributed by atoms with Crippen molar-refractivity contribution in [3.8, 4) is 0 Å². The monoisotopic (exact) mass is 410 g/mol. The summed E-state index contributed by atoms with van der Waals surface area (Å²) in [7, 11) is -4.31. The van der Waals surface area contributed by atoms with Crippen LogP contribution in [0.15, 0.2) is 41.3 Å². The Kier molecular flexibility index (Phi) is 6.28. The molecule has 26 heavy (non-hydrogen) atoms. The normalized spacial score (nSPS) is 18.4. The SMILES string of the molecule is Cl.O=S(=O)(c1cc(F)c(F)c(F)c1)N1CCNCC1c1cccc(F)c1. The molecular formula is C16H15ClF4N2O2S. The first-order valence-electron chi connectivity index (χ1n) is 7.43. The van der Waals surface area contributed by atoms with E-state index in [2.05, 4.69) is 5.32 Å². The highest BCUT2D eigenvalue weighted by molar-refractivity contribution is 7.89. The smallest absolute Gasteiger partial charge is 0.243 e. The van der Waals surface area contributed by atoms with Crippen molar-refractivity contribution in [2.24, 2.45) is 0 Å². The average molecular weight is 411 g/mol. The zero-order valence-electron chi connectivity index (χ0n) is 13.3. The van der Waals surface area contributed by atoms with Crippen molar-refractivity contribution in [1.82, 2.24) is 9.62 Å². The van der Waals surface area contributed by atoms with Crippen LogP contribution in [0.25, 0.3) is 0 Å². The van der Waals surface area contributed by atoms with Gasteiger partial charge in [0.15, 0.2) is 17.5 Å². The molecule has 3 rings (SSSR count). The third-order valence-electron chi connectivity index (χ3n) is 3.99. The molecule has 0 saturated carbocycles. The summed E-state index contributed by atoms with van der Waals surface area (Å²) in [5.41, 5.74) is 0.402. The van der Waals surface area contributed by atoms with E-state index in [1.54, 1.807) is 6.07 Å². The molecule has 0 bridgehead atoms. The Labute approximate surface area is 154 Å². The second-order valence-corrected chi connectivity index (χ2v) is 7.48. The number of halogens is 5. The fourth-order valence-electron chi connectivity index (χ4n) is 2.79. The number of hydrogen-bond donors (Lipinski definition) is 1. The molecule has 0 spiro atoms. The Bertz CT molecular complexity index is 888. The molecule has 1 fully saturated rings. The van der Waals surface area contributed by atoms with Crippen LogP contribution in [0.2, 0.25) is 0 Å². The van der Waals surface area contributed by atoms with Crippen LogP contribution in [0.4, 0.5) is 17.6 Å². The summed E-state index contributed by atoms with van der Waals surface area (Å²) in [5, 5.41) is 3.00. The van der Waals surface area contributed by atoms with E-state index in [1.165, 1.54) is 18.2 Å². The summed E-state index contributed by atoms with van der Waals surface area (Å²) in [6.07, 6.45) is 0. The number of nitrogens with one attached hydrogen (secondary N) is 1. The van der Waals surface area contributed by atoms with E-state index in [0.717, 1.165) is 4.31 Å². The lowest BCUT2D eigenvalue weighted by molar-refractivity contribution is 0.270. The molecule has 1 aliphatic rings. The number of benzene rings is 2. The van der Waals surface area contributed by atoms with E-state index >= 15 is 0 Å². The average Bonchev–Trinajstić information content (AvgIpc) is 2.59. The minimum Gasteiger partial charge on any atom is -0.313 e. The molecule has 2 aromatic carbocycles. The van der Waals surface area contributed by atoms with Gasteiger partial charge in [0, 0.05) is 19.6 Å². The van der Waals surface area contributed by atoms with Crippen LogP contribution in [-0.2, 0) is 10.0 Å². The summed E-state index contributed by atoms with van der Waals surface area (Å²) >= 11 is 0. The molecule has 1 saturated heterocycles. The van der Waals surface area contributed by atoms with Gasteiger partial charge >= 0.3 is 0 Å². The molecule has 10 heteroatoms. The minimum atomic E-state index is -4.31. The summed E-state index contributed by atoms with van der Waals surface area (Å²) in [6, 6.07) is 5.56. The van der Waals surface area contributed by atoms with Crippen LogP contribution < -0.4 is 5.32 Å². The number of rotatable bonds is 3. The van der Waals surface area contributed by atoms with Gasteiger partial charge in [0.2, 0.25) is 10.0 Å². The van der Waals surface area contributed by atoms with Crippen molar-refractivity contribution in [1.29, 1.82) is 0 Å². The predicted molar refractivity (Wildman–Crippen MR) is 89.5 cm³/mol. The van der Waals surface area contributed by atoms with E-state index in [4.69, 9.17) is 0 Å². The van der Waals surface area contributed by atoms with Gasteiger partial charge < -0.3 is 5.32 Å². The standard InChI is InChI=1S/C16H14F4N2O2S.ClH/c17-11-3-1-2-10(6-11)15-9-21-4-5-22(15)25(23,24)12-7-13(18)16(20)14(19)8-12;/h1-3,6-8,15,21H,4-5,9H2;1H. The Morgan fingerprint density at radius 3 is 2.31 bits per heavy atom. The maximum absolute atomic E-state index is 13.5. The summed E-state index contributed by atoms with van der Waals surface area (Å²) in [5.74, 6) is -5.44. The van der Waals surface area contributed by atoms with E-state index < -0.39 is 44.2 Å². The van der Waals surface area contributed by atoms with Crippen molar-refractivity contribution >= 4 is 22.4 Å². The highest BCUT2D eigenvalue weighted by Crippen LogP contribution is 2.30. The van der Waals surface area contributed by atoms with Crippen molar-refractivity contribution in [3.05, 3.63) is 65.2 Å². The first-order valence-corrected chi connectivity index (χ1v) is 8.87. The van der Waals surface area contributed by atoms with Crippen molar-refractivity contribution in [2.45, 2.75) is 10.9 Å². The minimum absolute atomic E-state index is 0. The van der Waals surface area contributed by atoms with Crippen LogP contribution in [-0.4, -0.2) is 32.4 Å². The number of nitrogens with zero attached hydrogens (tertiary/aromatic N) is 1. The molecule has 1 aliphatic heterocycles. The Morgan fingerprint density at radius 2 is 1.69 bits per heavy atom. The molecule has 1 unspecified atom stereocenters. The van der Waals surface area contributed by atoms with E-state index in [1.807, 2.05) is 0 Å². The van der Waals surface area contributed by atoms with Crippen LogP contribution >= 0.6 is 12.4 Å². The molecular weight excluding hydrogens is 396 g/mol. The molecule has 0 amide bonds. The first kappa shape index (κ1) is 20.6. The van der Waals surface area contributed by atoms with E-state index in [0.29, 0.717) is 24.2 Å². The molecule has 4 nitrogen and oxygen atoms in total. The second-order valence-electron chi connectivity index (χ2n) is 5.59. The van der Waals surface area contributed by atoms with Crippen LogP contribution in [0.1, 0.15) is 11.6 Å². The Hall–Kier alpha value is -1.68. The number of hydrogen-bond acceptors (Lipinski definition) is 3. The van der Waals surface area contributed by atoms with Gasteiger partial charge in [-0.2, -0.15) is 4.31 Å². The maximum Gasteiger partial charge on any atom is 0.243 e.